The molecule has 1 aromatic carbocycles. The number of piperazine rings is 1. The fourth-order valence-electron chi connectivity index (χ4n) is 3.79. The molecule has 1 aliphatic rings. The van der Waals surface area contributed by atoms with Crippen LogP contribution in [0.1, 0.15) is 21.7 Å². The lowest BCUT2D eigenvalue weighted by molar-refractivity contribution is 0.0716. The zero-order valence-electron chi connectivity index (χ0n) is 15.9. The number of benzene rings is 1. The average molecular weight is 375 g/mol. The molecule has 0 N–H and O–H groups in total. The maximum Gasteiger partial charge on any atom is 0.290 e. The number of aromatic nitrogens is 3. The minimum atomic E-state index is -0.0379. The van der Waals surface area contributed by atoms with Gasteiger partial charge in [-0.1, -0.05) is 11.6 Å². The van der Waals surface area contributed by atoms with Gasteiger partial charge >= 0.3 is 0 Å². The van der Waals surface area contributed by atoms with Crippen LogP contribution in [-0.2, 0) is 0 Å². The van der Waals surface area contributed by atoms with Crippen LogP contribution in [0.4, 0.5) is 5.82 Å². The maximum absolute atomic E-state index is 13.0. The third-order valence-corrected chi connectivity index (χ3v) is 5.42. The van der Waals surface area contributed by atoms with Crippen LogP contribution < -0.4 is 4.90 Å². The van der Waals surface area contributed by atoms with Crippen molar-refractivity contribution in [3.8, 4) is 0 Å². The van der Waals surface area contributed by atoms with Crippen molar-refractivity contribution in [2.45, 2.75) is 13.8 Å². The quantitative estimate of drug-likeness (QED) is 0.539. The van der Waals surface area contributed by atoms with Gasteiger partial charge in [0.25, 0.3) is 5.91 Å². The highest BCUT2D eigenvalue weighted by atomic mass is 16.3. The number of amides is 1. The lowest BCUT2D eigenvalue weighted by Crippen LogP contribution is -2.49. The van der Waals surface area contributed by atoms with Gasteiger partial charge in [0.1, 0.15) is 11.4 Å². The molecule has 0 atom stereocenters. The molecule has 0 bridgehead atoms. The first-order valence-electron chi connectivity index (χ1n) is 9.44. The Morgan fingerprint density at radius 1 is 1.07 bits per heavy atom. The molecule has 0 spiro atoms. The van der Waals surface area contributed by atoms with E-state index in [9.17, 15) is 4.79 Å². The zero-order valence-corrected chi connectivity index (χ0v) is 15.9. The summed E-state index contributed by atoms with van der Waals surface area (Å²) in [5, 5.41) is 5.61. The predicted molar refractivity (Wildman–Crippen MR) is 107 cm³/mol. The van der Waals surface area contributed by atoms with Gasteiger partial charge in [-0.2, -0.15) is 0 Å². The summed E-state index contributed by atoms with van der Waals surface area (Å²) in [6, 6.07) is 9.94. The molecule has 0 unspecified atom stereocenters. The number of furan rings is 1. The van der Waals surface area contributed by atoms with E-state index < -0.39 is 0 Å². The second kappa shape index (κ2) is 6.37. The highest BCUT2D eigenvalue weighted by Crippen LogP contribution is 2.27. The fraction of sp³-hybridized carbons (Fsp3) is 0.286. The molecule has 7 heteroatoms. The van der Waals surface area contributed by atoms with Crippen molar-refractivity contribution in [1.82, 2.24) is 19.5 Å². The van der Waals surface area contributed by atoms with Crippen LogP contribution in [0.15, 0.2) is 47.1 Å². The Morgan fingerprint density at radius 3 is 2.71 bits per heavy atom. The van der Waals surface area contributed by atoms with Crippen molar-refractivity contribution in [2.75, 3.05) is 31.1 Å². The number of hydrogen-bond acceptors (Lipinski definition) is 5. The van der Waals surface area contributed by atoms with E-state index in [2.05, 4.69) is 21.0 Å². The van der Waals surface area contributed by atoms with Crippen LogP contribution >= 0.6 is 0 Å². The van der Waals surface area contributed by atoms with Gasteiger partial charge in [-0.05, 0) is 38.1 Å². The lowest BCUT2D eigenvalue weighted by atomic mass is 10.1. The Kier molecular flexibility index (Phi) is 3.82. The Bertz CT molecular complexity index is 1180. The molecule has 1 fully saturated rings. The van der Waals surface area contributed by atoms with E-state index in [1.165, 1.54) is 0 Å². The van der Waals surface area contributed by atoms with Crippen molar-refractivity contribution in [2.24, 2.45) is 0 Å². The van der Waals surface area contributed by atoms with Gasteiger partial charge in [-0.3, -0.25) is 4.79 Å². The molecule has 5 rings (SSSR count). The SMILES string of the molecule is Cc1ccc2oc(C(=O)N3CCN(c4ccc5nccn5n4)CC3)c(C)c2c1. The van der Waals surface area contributed by atoms with Crippen LogP contribution in [0.3, 0.4) is 0 Å². The molecule has 4 heterocycles. The summed E-state index contributed by atoms with van der Waals surface area (Å²) in [6.07, 6.45) is 3.57. The van der Waals surface area contributed by atoms with E-state index >= 15 is 0 Å². The number of aryl methyl sites for hydroxylation is 2. The first-order valence-corrected chi connectivity index (χ1v) is 9.44. The normalized spacial score (nSPS) is 14.9. The fourth-order valence-corrected chi connectivity index (χ4v) is 3.79. The third-order valence-electron chi connectivity index (χ3n) is 5.42. The second-order valence-electron chi connectivity index (χ2n) is 7.26. The number of fused-ring (bicyclic) bond motifs is 2. The number of nitrogens with zero attached hydrogens (tertiary/aromatic N) is 5. The average Bonchev–Trinajstić information content (AvgIpc) is 3.32. The van der Waals surface area contributed by atoms with Crippen molar-refractivity contribution in [1.29, 1.82) is 0 Å². The Morgan fingerprint density at radius 2 is 1.89 bits per heavy atom. The molecule has 3 aromatic heterocycles. The number of carbonyl (C=O) groups excluding carboxylic acids is 1. The number of rotatable bonds is 2. The van der Waals surface area contributed by atoms with E-state index in [4.69, 9.17) is 4.42 Å². The Balaban J connectivity index is 1.33. The van der Waals surface area contributed by atoms with Crippen LogP contribution in [0.25, 0.3) is 16.6 Å². The number of anilines is 1. The summed E-state index contributed by atoms with van der Waals surface area (Å²) in [7, 11) is 0. The number of hydrogen-bond donors (Lipinski definition) is 0. The largest absolute Gasteiger partial charge is 0.451 e. The van der Waals surface area contributed by atoms with Crippen LogP contribution in [-0.4, -0.2) is 51.6 Å². The molecule has 0 aliphatic carbocycles. The molecule has 0 saturated carbocycles. The van der Waals surface area contributed by atoms with Crippen molar-refractivity contribution < 1.29 is 9.21 Å². The first-order chi connectivity index (χ1) is 13.6. The van der Waals surface area contributed by atoms with Gasteiger partial charge in [0.15, 0.2) is 11.4 Å². The van der Waals surface area contributed by atoms with Crippen molar-refractivity contribution >= 4 is 28.3 Å². The minimum absolute atomic E-state index is 0.0379. The third kappa shape index (κ3) is 2.70. The molecule has 4 aromatic rings. The van der Waals surface area contributed by atoms with Gasteiger partial charge in [0.2, 0.25) is 0 Å². The van der Waals surface area contributed by atoms with Crippen molar-refractivity contribution in [3.05, 3.63) is 59.6 Å². The molecular weight excluding hydrogens is 354 g/mol. The number of carbonyl (C=O) groups is 1. The Hall–Kier alpha value is -3.35. The summed E-state index contributed by atoms with van der Waals surface area (Å²) < 4.78 is 7.66. The van der Waals surface area contributed by atoms with Gasteiger partial charge < -0.3 is 14.2 Å². The monoisotopic (exact) mass is 375 g/mol. The smallest absolute Gasteiger partial charge is 0.290 e. The predicted octanol–water partition coefficient (Wildman–Crippen LogP) is 3.05. The summed E-state index contributed by atoms with van der Waals surface area (Å²) in [5.41, 5.74) is 3.67. The van der Waals surface area contributed by atoms with E-state index in [0.717, 1.165) is 46.7 Å². The molecule has 0 radical (unpaired) electrons. The van der Waals surface area contributed by atoms with Crippen LogP contribution in [0.2, 0.25) is 0 Å². The van der Waals surface area contributed by atoms with Crippen molar-refractivity contribution in [3.63, 3.8) is 0 Å². The second-order valence-corrected chi connectivity index (χ2v) is 7.26. The molecule has 1 aliphatic heterocycles. The van der Waals surface area contributed by atoms with Gasteiger partial charge in [0, 0.05) is 49.5 Å². The van der Waals surface area contributed by atoms with Gasteiger partial charge in [-0.15, -0.1) is 5.10 Å². The molecule has 7 nitrogen and oxygen atoms in total. The standard InChI is InChI=1S/C21H21N5O2/c1-14-3-4-17-16(13-14)15(2)20(28-17)21(27)25-11-9-24(10-12-25)19-6-5-18-22-7-8-26(18)23-19/h3-8,13H,9-12H2,1-2H3. The molecule has 1 saturated heterocycles. The summed E-state index contributed by atoms with van der Waals surface area (Å²) >= 11 is 0. The molecule has 28 heavy (non-hydrogen) atoms. The summed E-state index contributed by atoms with van der Waals surface area (Å²) in [4.78, 5) is 21.3. The number of imidazole rings is 1. The van der Waals surface area contributed by atoms with Gasteiger partial charge in [0.05, 0.1) is 0 Å². The highest BCUT2D eigenvalue weighted by Gasteiger charge is 2.27. The van der Waals surface area contributed by atoms with E-state index in [1.807, 2.05) is 49.2 Å². The minimum Gasteiger partial charge on any atom is -0.451 e. The Labute approximate surface area is 162 Å². The molecular formula is C21H21N5O2. The summed E-state index contributed by atoms with van der Waals surface area (Å²) in [6.45, 7) is 6.74. The van der Waals surface area contributed by atoms with E-state index in [0.29, 0.717) is 18.8 Å². The first kappa shape index (κ1) is 16.8. The van der Waals surface area contributed by atoms with Crippen LogP contribution in [0, 0.1) is 13.8 Å². The zero-order chi connectivity index (χ0) is 19.3. The summed E-state index contributed by atoms with van der Waals surface area (Å²) in [5.74, 6) is 1.31. The van der Waals surface area contributed by atoms with E-state index in [1.54, 1.807) is 10.7 Å². The topological polar surface area (TPSA) is 66.9 Å². The van der Waals surface area contributed by atoms with Gasteiger partial charge in [-0.25, -0.2) is 9.50 Å². The maximum atomic E-state index is 13.0. The lowest BCUT2D eigenvalue weighted by Gasteiger charge is -2.35. The van der Waals surface area contributed by atoms with Crippen LogP contribution in [0.5, 0.6) is 0 Å². The van der Waals surface area contributed by atoms with E-state index in [-0.39, 0.29) is 5.91 Å². The molecule has 1 amide bonds. The highest BCUT2D eigenvalue weighted by molar-refractivity contribution is 5.99. The molecule has 142 valence electrons.